The van der Waals surface area contributed by atoms with E-state index in [0.29, 0.717) is 0 Å². The molecule has 1 atom stereocenters. The SMILES string of the molecule is CCn1cncc1C(CO)NCc1cccs1. The standard InChI is InChI=1S/C12H17N3OS/c1-2-15-9-13-7-12(15)11(8-16)14-6-10-4-3-5-17-10/h3-5,7,9,11,14,16H,2,6,8H2,1H3. The van der Waals surface area contributed by atoms with Crippen molar-refractivity contribution in [2.24, 2.45) is 0 Å². The van der Waals surface area contributed by atoms with Gasteiger partial charge in [-0.05, 0) is 18.4 Å². The Labute approximate surface area is 105 Å². The van der Waals surface area contributed by atoms with E-state index in [1.807, 2.05) is 16.8 Å². The molecule has 0 saturated heterocycles. The molecule has 2 N–H and O–H groups in total. The topological polar surface area (TPSA) is 50.1 Å². The molecule has 5 heteroatoms. The number of aryl methyl sites for hydroxylation is 1. The third kappa shape index (κ3) is 2.94. The molecule has 0 aliphatic carbocycles. The highest BCUT2D eigenvalue weighted by Crippen LogP contribution is 2.14. The number of hydrogen-bond acceptors (Lipinski definition) is 4. The molecule has 0 saturated carbocycles. The van der Waals surface area contributed by atoms with Crippen LogP contribution in [0.15, 0.2) is 30.0 Å². The molecule has 2 aromatic heterocycles. The Hall–Kier alpha value is -1.17. The Morgan fingerprint density at radius 2 is 2.47 bits per heavy atom. The highest BCUT2D eigenvalue weighted by molar-refractivity contribution is 7.09. The number of aromatic nitrogens is 2. The number of nitrogens with zero attached hydrogens (tertiary/aromatic N) is 2. The zero-order chi connectivity index (χ0) is 12.1. The fourth-order valence-electron chi connectivity index (χ4n) is 1.78. The van der Waals surface area contributed by atoms with Gasteiger partial charge in [0.2, 0.25) is 0 Å². The molecule has 1 unspecified atom stereocenters. The van der Waals surface area contributed by atoms with Gasteiger partial charge in [-0.2, -0.15) is 0 Å². The average Bonchev–Trinajstić information content (AvgIpc) is 3.00. The van der Waals surface area contributed by atoms with Gasteiger partial charge in [-0.15, -0.1) is 11.3 Å². The van der Waals surface area contributed by atoms with Crippen LogP contribution >= 0.6 is 11.3 Å². The van der Waals surface area contributed by atoms with Crippen LogP contribution in [-0.4, -0.2) is 21.3 Å². The van der Waals surface area contributed by atoms with Crippen LogP contribution in [0.1, 0.15) is 23.5 Å². The van der Waals surface area contributed by atoms with E-state index >= 15 is 0 Å². The first-order valence-electron chi connectivity index (χ1n) is 5.71. The smallest absolute Gasteiger partial charge is 0.0948 e. The number of aliphatic hydroxyl groups excluding tert-OH is 1. The van der Waals surface area contributed by atoms with E-state index in [4.69, 9.17) is 0 Å². The van der Waals surface area contributed by atoms with Crippen molar-refractivity contribution in [2.45, 2.75) is 26.1 Å². The lowest BCUT2D eigenvalue weighted by Gasteiger charge is -2.17. The van der Waals surface area contributed by atoms with Gasteiger partial charge in [-0.25, -0.2) is 4.98 Å². The van der Waals surface area contributed by atoms with Crippen LogP contribution in [0.5, 0.6) is 0 Å². The number of rotatable bonds is 6. The summed E-state index contributed by atoms with van der Waals surface area (Å²) in [7, 11) is 0. The molecule has 4 nitrogen and oxygen atoms in total. The summed E-state index contributed by atoms with van der Waals surface area (Å²) in [5.74, 6) is 0. The molecule has 2 heterocycles. The molecule has 0 bridgehead atoms. The molecule has 0 spiro atoms. The molecule has 0 radical (unpaired) electrons. The van der Waals surface area contributed by atoms with Crippen molar-refractivity contribution in [1.29, 1.82) is 0 Å². The first-order valence-corrected chi connectivity index (χ1v) is 6.59. The number of imidazole rings is 1. The van der Waals surface area contributed by atoms with Gasteiger partial charge in [0.1, 0.15) is 0 Å². The fraction of sp³-hybridized carbons (Fsp3) is 0.417. The normalized spacial score (nSPS) is 12.8. The van der Waals surface area contributed by atoms with E-state index in [1.54, 1.807) is 17.7 Å². The van der Waals surface area contributed by atoms with E-state index in [2.05, 4.69) is 28.7 Å². The molecular formula is C12H17N3OS. The lowest BCUT2D eigenvalue weighted by molar-refractivity contribution is 0.238. The predicted octanol–water partition coefficient (Wildman–Crippen LogP) is 1.79. The number of aliphatic hydroxyl groups is 1. The molecule has 17 heavy (non-hydrogen) atoms. The van der Waals surface area contributed by atoms with Crippen molar-refractivity contribution < 1.29 is 5.11 Å². The maximum absolute atomic E-state index is 9.45. The Balaban J connectivity index is 2.01. The quantitative estimate of drug-likeness (QED) is 0.823. The highest BCUT2D eigenvalue weighted by Gasteiger charge is 2.14. The van der Waals surface area contributed by atoms with Crippen LogP contribution in [0.25, 0.3) is 0 Å². The van der Waals surface area contributed by atoms with Crippen molar-refractivity contribution in [3.63, 3.8) is 0 Å². The summed E-state index contributed by atoms with van der Waals surface area (Å²) >= 11 is 1.72. The van der Waals surface area contributed by atoms with Crippen molar-refractivity contribution in [2.75, 3.05) is 6.61 Å². The lowest BCUT2D eigenvalue weighted by Crippen LogP contribution is -2.25. The largest absolute Gasteiger partial charge is 0.394 e. The molecule has 92 valence electrons. The maximum Gasteiger partial charge on any atom is 0.0948 e. The Bertz CT molecular complexity index is 438. The van der Waals surface area contributed by atoms with Crippen LogP contribution in [0, 0.1) is 0 Å². The predicted molar refractivity (Wildman–Crippen MR) is 68.9 cm³/mol. The zero-order valence-electron chi connectivity index (χ0n) is 9.84. The molecule has 0 aromatic carbocycles. The van der Waals surface area contributed by atoms with Gasteiger partial charge in [-0.1, -0.05) is 6.07 Å². The third-order valence-corrected chi connectivity index (χ3v) is 3.60. The molecule has 2 aromatic rings. The van der Waals surface area contributed by atoms with Gasteiger partial charge >= 0.3 is 0 Å². The van der Waals surface area contributed by atoms with Crippen molar-refractivity contribution in [3.8, 4) is 0 Å². The second-order valence-corrected chi connectivity index (χ2v) is 4.83. The molecular weight excluding hydrogens is 234 g/mol. The van der Waals surface area contributed by atoms with E-state index in [1.165, 1.54) is 4.88 Å². The van der Waals surface area contributed by atoms with Gasteiger partial charge < -0.3 is 15.0 Å². The van der Waals surface area contributed by atoms with Crippen molar-refractivity contribution in [1.82, 2.24) is 14.9 Å². The van der Waals surface area contributed by atoms with Gasteiger partial charge in [0.05, 0.1) is 24.7 Å². The number of nitrogens with one attached hydrogen (secondary N) is 1. The van der Waals surface area contributed by atoms with Gasteiger partial charge in [0, 0.05) is 24.2 Å². The minimum absolute atomic E-state index is 0.0560. The summed E-state index contributed by atoms with van der Waals surface area (Å²) in [6.45, 7) is 3.79. The van der Waals surface area contributed by atoms with E-state index in [0.717, 1.165) is 18.8 Å². The zero-order valence-corrected chi connectivity index (χ0v) is 10.7. The third-order valence-electron chi connectivity index (χ3n) is 2.73. The summed E-state index contributed by atoms with van der Waals surface area (Å²) in [4.78, 5) is 5.39. The monoisotopic (exact) mass is 251 g/mol. The minimum Gasteiger partial charge on any atom is -0.394 e. The molecule has 0 fully saturated rings. The average molecular weight is 251 g/mol. The molecule has 0 aliphatic rings. The molecule has 2 rings (SSSR count). The first kappa shape index (κ1) is 12.3. The van der Waals surface area contributed by atoms with Crippen molar-refractivity contribution >= 4 is 11.3 Å². The van der Waals surface area contributed by atoms with Crippen LogP contribution < -0.4 is 5.32 Å². The summed E-state index contributed by atoms with van der Waals surface area (Å²) < 4.78 is 2.04. The first-order chi connectivity index (χ1) is 8.35. The highest BCUT2D eigenvalue weighted by atomic mass is 32.1. The fourth-order valence-corrected chi connectivity index (χ4v) is 2.44. The molecule has 0 amide bonds. The van der Waals surface area contributed by atoms with Crippen LogP contribution in [0.3, 0.4) is 0 Å². The second-order valence-electron chi connectivity index (χ2n) is 3.80. The lowest BCUT2D eigenvalue weighted by atomic mass is 10.2. The van der Waals surface area contributed by atoms with Gasteiger partial charge in [0.15, 0.2) is 0 Å². The van der Waals surface area contributed by atoms with Crippen molar-refractivity contribution in [3.05, 3.63) is 40.6 Å². The van der Waals surface area contributed by atoms with E-state index in [-0.39, 0.29) is 12.6 Å². The summed E-state index contributed by atoms with van der Waals surface area (Å²) in [5.41, 5.74) is 1.03. The van der Waals surface area contributed by atoms with Gasteiger partial charge in [0.25, 0.3) is 0 Å². The number of hydrogen-bond donors (Lipinski definition) is 2. The van der Waals surface area contributed by atoms with E-state index < -0.39 is 0 Å². The van der Waals surface area contributed by atoms with Gasteiger partial charge in [-0.3, -0.25) is 0 Å². The Kier molecular flexibility index (Phi) is 4.30. The van der Waals surface area contributed by atoms with Crippen LogP contribution in [0.2, 0.25) is 0 Å². The summed E-state index contributed by atoms with van der Waals surface area (Å²) in [6.07, 6.45) is 3.61. The number of thiophene rings is 1. The second kappa shape index (κ2) is 5.95. The summed E-state index contributed by atoms with van der Waals surface area (Å²) in [5, 5.41) is 14.9. The van der Waals surface area contributed by atoms with Crippen LogP contribution in [-0.2, 0) is 13.1 Å². The maximum atomic E-state index is 9.45. The van der Waals surface area contributed by atoms with E-state index in [9.17, 15) is 5.11 Å². The Morgan fingerprint density at radius 1 is 1.59 bits per heavy atom. The molecule has 0 aliphatic heterocycles. The Morgan fingerprint density at radius 3 is 3.12 bits per heavy atom. The minimum atomic E-state index is -0.0560. The summed E-state index contributed by atoms with van der Waals surface area (Å²) in [6, 6.07) is 4.06. The van der Waals surface area contributed by atoms with Crippen LogP contribution in [0.4, 0.5) is 0 Å².